The van der Waals surface area contributed by atoms with Gasteiger partial charge in [-0.1, -0.05) is 103 Å². The van der Waals surface area contributed by atoms with Crippen molar-refractivity contribution in [1.29, 1.82) is 0 Å². The molecule has 5 aromatic carbocycles. The van der Waals surface area contributed by atoms with E-state index in [0.717, 1.165) is 63.1 Å². The van der Waals surface area contributed by atoms with E-state index in [1.165, 1.54) is 33.4 Å². The molecule has 0 aromatic heterocycles. The molecule has 3 unspecified atom stereocenters. The Kier molecular flexibility index (Phi) is 12.6. The van der Waals surface area contributed by atoms with Crippen molar-refractivity contribution in [2.75, 3.05) is 45.9 Å². The van der Waals surface area contributed by atoms with E-state index in [-0.39, 0.29) is 30.2 Å². The number of nitrogens with zero attached hydrogens (tertiary/aromatic N) is 2. The number of piperazine rings is 1. The van der Waals surface area contributed by atoms with Gasteiger partial charge in [0.05, 0.1) is 12.5 Å². The molecule has 8 nitrogen and oxygen atoms in total. The van der Waals surface area contributed by atoms with E-state index in [1.807, 2.05) is 17.0 Å². The fourth-order valence-electron chi connectivity index (χ4n) is 8.97. The van der Waals surface area contributed by atoms with Crippen molar-refractivity contribution in [2.45, 2.75) is 62.7 Å². The first-order valence-electron chi connectivity index (χ1n) is 21.0. The van der Waals surface area contributed by atoms with Gasteiger partial charge in [0.25, 0.3) is 5.91 Å². The van der Waals surface area contributed by atoms with Gasteiger partial charge in [0.1, 0.15) is 11.5 Å². The molecule has 0 bridgehead atoms. The maximum absolute atomic E-state index is 13.0. The summed E-state index contributed by atoms with van der Waals surface area (Å²) >= 11 is 0. The van der Waals surface area contributed by atoms with E-state index in [4.69, 9.17) is 9.47 Å². The molecular weight excluding hydrogens is 723 g/mol. The van der Waals surface area contributed by atoms with Crippen LogP contribution in [0.2, 0.25) is 0 Å². The summed E-state index contributed by atoms with van der Waals surface area (Å²) in [6.07, 6.45) is 5.95. The van der Waals surface area contributed by atoms with Crippen LogP contribution in [0.5, 0.6) is 11.5 Å². The number of nitrogens with one attached hydrogen (secondary N) is 1. The fraction of sp³-hybridized carbons (Fsp3) is 0.340. The van der Waals surface area contributed by atoms with Crippen molar-refractivity contribution in [3.63, 3.8) is 0 Å². The Labute approximate surface area is 342 Å². The summed E-state index contributed by atoms with van der Waals surface area (Å²) in [5, 5.41) is 2.40. The molecule has 1 aliphatic carbocycles. The zero-order valence-corrected chi connectivity index (χ0v) is 33.2. The van der Waals surface area contributed by atoms with Crippen molar-refractivity contribution in [2.24, 2.45) is 0 Å². The van der Waals surface area contributed by atoms with Crippen LogP contribution in [0, 0.1) is 0 Å². The average Bonchev–Trinajstić information content (AvgIpc) is 3.26. The lowest BCUT2D eigenvalue weighted by Gasteiger charge is -2.35. The van der Waals surface area contributed by atoms with Gasteiger partial charge in [0, 0.05) is 38.5 Å². The van der Waals surface area contributed by atoms with E-state index >= 15 is 0 Å². The molecule has 3 amide bonds. The lowest BCUT2D eigenvalue weighted by Crippen LogP contribution is -2.50. The number of rotatable bonds is 14. The SMILES string of the molecule is O=C1CCC(c2cccc(OCC(=O)N3CCN(CCCCOc4ccc(C5c6ccc(Cc7ccccc7)cc6CCC5c5ccccc5)cc4)CC3)c2)C(=O)N1. The van der Waals surface area contributed by atoms with Crippen LogP contribution in [0.25, 0.3) is 0 Å². The molecule has 0 spiro atoms. The molecule has 2 fully saturated rings. The molecule has 8 heteroatoms. The van der Waals surface area contributed by atoms with Gasteiger partial charge in [0.2, 0.25) is 11.8 Å². The van der Waals surface area contributed by atoms with E-state index in [2.05, 4.69) is 113 Å². The smallest absolute Gasteiger partial charge is 0.260 e. The Hall–Kier alpha value is -5.73. The molecule has 3 aliphatic rings. The molecule has 2 heterocycles. The summed E-state index contributed by atoms with van der Waals surface area (Å²) in [4.78, 5) is 41.1. The van der Waals surface area contributed by atoms with Crippen molar-refractivity contribution >= 4 is 17.7 Å². The molecule has 3 atom stereocenters. The Morgan fingerprint density at radius 3 is 2.19 bits per heavy atom. The highest BCUT2D eigenvalue weighted by atomic mass is 16.5. The van der Waals surface area contributed by atoms with Crippen LogP contribution >= 0.6 is 0 Å². The first-order valence-corrected chi connectivity index (χ1v) is 21.0. The van der Waals surface area contributed by atoms with Crippen molar-refractivity contribution < 1.29 is 23.9 Å². The normalized spacial score (nSPS) is 19.6. The fourth-order valence-corrected chi connectivity index (χ4v) is 8.97. The second kappa shape index (κ2) is 18.7. The molecule has 5 aromatic rings. The maximum atomic E-state index is 13.0. The van der Waals surface area contributed by atoms with Crippen LogP contribution in [0.1, 0.15) is 88.8 Å². The highest BCUT2D eigenvalue weighted by molar-refractivity contribution is 6.01. The third-order valence-electron chi connectivity index (χ3n) is 12.1. The quantitative estimate of drug-likeness (QED) is 0.0908. The van der Waals surface area contributed by atoms with Gasteiger partial charge in [-0.05, 0) is 114 Å². The summed E-state index contributed by atoms with van der Waals surface area (Å²) in [6, 6.07) is 45.0. The number of ether oxygens (including phenoxy) is 2. The minimum Gasteiger partial charge on any atom is -0.494 e. The van der Waals surface area contributed by atoms with Gasteiger partial charge in [-0.2, -0.15) is 0 Å². The average molecular weight is 776 g/mol. The topological polar surface area (TPSA) is 88.2 Å². The molecule has 0 radical (unpaired) electrons. The largest absolute Gasteiger partial charge is 0.494 e. The standard InChI is InChI=1S/C50H53N3O5/c54-47-25-24-46(50(56)51-47)40-14-9-15-43(34-40)58-35-48(55)53-29-27-52(28-30-53)26-7-8-31-57-42-20-17-39(18-21-42)49-44(38-12-5-2-6-13-38)23-19-41-33-37(16-22-45(41)49)32-36-10-3-1-4-11-36/h1-6,9-18,20-22,33-34,44,46,49H,7-8,19,23-32,35H2,(H,51,54,56). The summed E-state index contributed by atoms with van der Waals surface area (Å²) in [5.74, 6) is 1.22. The van der Waals surface area contributed by atoms with Gasteiger partial charge >= 0.3 is 0 Å². The number of piperidine rings is 1. The second-order valence-electron chi connectivity index (χ2n) is 15.9. The number of carbonyl (C=O) groups is 3. The molecule has 2 aliphatic heterocycles. The summed E-state index contributed by atoms with van der Waals surface area (Å²) < 4.78 is 12.1. The molecule has 2 saturated heterocycles. The number of fused-ring (bicyclic) bond motifs is 1. The zero-order chi connectivity index (χ0) is 39.7. The van der Waals surface area contributed by atoms with Crippen LogP contribution in [0.4, 0.5) is 0 Å². The first-order chi connectivity index (χ1) is 28.5. The number of amides is 3. The van der Waals surface area contributed by atoms with Crippen LogP contribution in [-0.2, 0) is 27.2 Å². The predicted molar refractivity (Wildman–Crippen MR) is 226 cm³/mol. The van der Waals surface area contributed by atoms with E-state index in [9.17, 15) is 14.4 Å². The number of unbranched alkanes of at least 4 members (excludes halogenated alkanes) is 1. The minimum atomic E-state index is -0.386. The van der Waals surface area contributed by atoms with Crippen molar-refractivity contribution in [3.8, 4) is 11.5 Å². The number of hydrogen-bond donors (Lipinski definition) is 1. The number of hydrogen-bond acceptors (Lipinski definition) is 6. The maximum Gasteiger partial charge on any atom is 0.260 e. The molecule has 1 N–H and O–H groups in total. The Bertz CT molecular complexity index is 2170. The molecule has 0 saturated carbocycles. The van der Waals surface area contributed by atoms with Crippen molar-refractivity contribution in [1.82, 2.24) is 15.1 Å². The van der Waals surface area contributed by atoms with E-state index in [0.29, 0.717) is 50.1 Å². The Morgan fingerprint density at radius 1 is 0.655 bits per heavy atom. The van der Waals surface area contributed by atoms with Crippen LogP contribution in [-0.4, -0.2) is 73.5 Å². The van der Waals surface area contributed by atoms with E-state index < -0.39 is 0 Å². The summed E-state index contributed by atoms with van der Waals surface area (Å²) in [7, 11) is 0. The Morgan fingerprint density at radius 2 is 1.41 bits per heavy atom. The lowest BCUT2D eigenvalue weighted by molar-refractivity contribution is -0.136. The lowest BCUT2D eigenvalue weighted by atomic mass is 9.69. The van der Waals surface area contributed by atoms with Crippen LogP contribution in [0.3, 0.4) is 0 Å². The van der Waals surface area contributed by atoms with Crippen LogP contribution < -0.4 is 14.8 Å². The van der Waals surface area contributed by atoms with E-state index in [1.54, 1.807) is 12.1 Å². The minimum absolute atomic E-state index is 0.0401. The highest BCUT2D eigenvalue weighted by Crippen LogP contribution is 2.47. The van der Waals surface area contributed by atoms with Gasteiger partial charge in [-0.15, -0.1) is 0 Å². The third kappa shape index (κ3) is 9.68. The van der Waals surface area contributed by atoms with Gasteiger partial charge < -0.3 is 14.4 Å². The van der Waals surface area contributed by atoms with Gasteiger partial charge in [0.15, 0.2) is 6.61 Å². The number of imide groups is 1. The molecule has 58 heavy (non-hydrogen) atoms. The molecule has 8 rings (SSSR count). The van der Waals surface area contributed by atoms with Gasteiger partial charge in [-0.3, -0.25) is 24.6 Å². The highest BCUT2D eigenvalue weighted by Gasteiger charge is 2.32. The number of carbonyl (C=O) groups excluding carboxylic acids is 3. The number of aryl methyl sites for hydroxylation is 1. The van der Waals surface area contributed by atoms with Crippen LogP contribution in [0.15, 0.2) is 127 Å². The summed E-state index contributed by atoms with van der Waals surface area (Å²) in [5.41, 5.74) is 9.16. The monoisotopic (exact) mass is 775 g/mol. The Balaban J connectivity index is 0.783. The van der Waals surface area contributed by atoms with Gasteiger partial charge in [-0.25, -0.2) is 0 Å². The van der Waals surface area contributed by atoms with Crippen molar-refractivity contribution in [3.05, 3.63) is 166 Å². The number of benzene rings is 5. The molecule has 298 valence electrons. The zero-order valence-electron chi connectivity index (χ0n) is 33.2. The summed E-state index contributed by atoms with van der Waals surface area (Å²) in [6.45, 7) is 4.61. The molecular formula is C50H53N3O5. The second-order valence-corrected chi connectivity index (χ2v) is 15.9. The first kappa shape index (κ1) is 39.1. The predicted octanol–water partition coefficient (Wildman–Crippen LogP) is 8.04. The third-order valence-corrected chi connectivity index (χ3v) is 12.1.